The number of rotatable bonds is 9. The highest BCUT2D eigenvalue weighted by molar-refractivity contribution is 5.93. The topological polar surface area (TPSA) is 84.2 Å². The highest BCUT2D eigenvalue weighted by atomic mass is 16.4. The molecule has 0 saturated heterocycles. The molecule has 0 aliphatic carbocycles. The monoisotopic (exact) mass is 405 g/mol. The van der Waals surface area contributed by atoms with Crippen LogP contribution in [0.2, 0.25) is 0 Å². The summed E-state index contributed by atoms with van der Waals surface area (Å²) in [5.41, 5.74) is 2.40. The molecule has 2 amide bonds. The Labute approximate surface area is 176 Å². The van der Waals surface area contributed by atoms with Crippen molar-refractivity contribution in [2.75, 3.05) is 10.6 Å². The van der Waals surface area contributed by atoms with Crippen LogP contribution in [0.3, 0.4) is 0 Å². The van der Waals surface area contributed by atoms with Crippen LogP contribution in [-0.2, 0) is 16.0 Å². The Morgan fingerprint density at radius 2 is 1.57 bits per heavy atom. The molecule has 0 fully saturated rings. The molecule has 0 unspecified atom stereocenters. The van der Waals surface area contributed by atoms with Crippen LogP contribution in [0.25, 0.3) is 11.3 Å². The fraction of sp³-hybridized carbons (Fsp3) is 0.292. The van der Waals surface area contributed by atoms with Crippen LogP contribution in [0, 0.1) is 5.92 Å². The van der Waals surface area contributed by atoms with Crippen molar-refractivity contribution in [3.63, 3.8) is 0 Å². The van der Waals surface area contributed by atoms with Crippen LogP contribution in [-0.4, -0.2) is 16.8 Å². The van der Waals surface area contributed by atoms with E-state index in [9.17, 15) is 9.59 Å². The Hall–Kier alpha value is -3.41. The smallest absolute Gasteiger partial charge is 0.224 e. The second-order valence-corrected chi connectivity index (χ2v) is 7.61. The molecule has 1 aromatic heterocycles. The van der Waals surface area contributed by atoms with E-state index in [1.54, 1.807) is 30.5 Å². The minimum atomic E-state index is -0.0681. The van der Waals surface area contributed by atoms with Crippen LogP contribution in [0.4, 0.5) is 11.4 Å². The summed E-state index contributed by atoms with van der Waals surface area (Å²) < 4.78 is 5.76. The zero-order valence-corrected chi connectivity index (χ0v) is 17.4. The Morgan fingerprint density at radius 3 is 2.20 bits per heavy atom. The number of benzene rings is 2. The molecule has 0 saturated carbocycles. The maximum Gasteiger partial charge on any atom is 0.224 e. The van der Waals surface area contributed by atoms with Gasteiger partial charge in [0.1, 0.15) is 0 Å². The first-order valence-corrected chi connectivity index (χ1v) is 10.2. The number of oxazole rings is 1. The van der Waals surface area contributed by atoms with Gasteiger partial charge in [0.2, 0.25) is 11.8 Å². The molecular formula is C24H27N3O3. The molecular weight excluding hydrogens is 378 g/mol. The van der Waals surface area contributed by atoms with Crippen LogP contribution in [0.15, 0.2) is 65.2 Å². The molecule has 3 aromatic rings. The van der Waals surface area contributed by atoms with Crippen molar-refractivity contribution in [1.29, 1.82) is 0 Å². The number of aromatic nitrogens is 1. The number of anilines is 2. The summed E-state index contributed by atoms with van der Waals surface area (Å²) in [5.74, 6) is 1.59. The van der Waals surface area contributed by atoms with Crippen molar-refractivity contribution < 1.29 is 14.0 Å². The molecule has 3 rings (SSSR count). The number of nitrogens with one attached hydrogen (secondary N) is 2. The summed E-state index contributed by atoms with van der Waals surface area (Å²) in [7, 11) is 0. The van der Waals surface area contributed by atoms with Crippen LogP contribution in [0.1, 0.15) is 39.0 Å². The van der Waals surface area contributed by atoms with E-state index in [2.05, 4.69) is 15.6 Å². The summed E-state index contributed by atoms with van der Waals surface area (Å²) in [6.07, 6.45) is 3.81. The Balaban J connectivity index is 1.42. The van der Waals surface area contributed by atoms with Gasteiger partial charge in [-0.05, 0) is 36.6 Å². The lowest BCUT2D eigenvalue weighted by Crippen LogP contribution is -2.14. The summed E-state index contributed by atoms with van der Waals surface area (Å²) in [6.45, 7) is 4.00. The number of hydrogen-bond acceptors (Lipinski definition) is 4. The van der Waals surface area contributed by atoms with E-state index in [1.165, 1.54) is 0 Å². The second-order valence-electron chi connectivity index (χ2n) is 7.61. The van der Waals surface area contributed by atoms with Crippen molar-refractivity contribution in [2.45, 2.75) is 39.5 Å². The molecule has 0 aliphatic rings. The maximum atomic E-state index is 12.2. The van der Waals surface area contributed by atoms with E-state index in [0.717, 1.165) is 17.0 Å². The first-order chi connectivity index (χ1) is 14.5. The van der Waals surface area contributed by atoms with Crippen molar-refractivity contribution in [3.05, 3.63) is 66.7 Å². The number of aryl methyl sites for hydroxylation is 1. The van der Waals surface area contributed by atoms with Gasteiger partial charge in [-0.1, -0.05) is 44.2 Å². The van der Waals surface area contributed by atoms with E-state index >= 15 is 0 Å². The van der Waals surface area contributed by atoms with Gasteiger partial charge in [0.25, 0.3) is 0 Å². The molecule has 2 N–H and O–H groups in total. The van der Waals surface area contributed by atoms with Gasteiger partial charge in [0, 0.05) is 36.2 Å². The largest absolute Gasteiger partial charge is 0.441 e. The van der Waals surface area contributed by atoms with Gasteiger partial charge in [-0.2, -0.15) is 0 Å². The zero-order valence-electron chi connectivity index (χ0n) is 17.4. The molecule has 30 heavy (non-hydrogen) atoms. The normalized spacial score (nSPS) is 10.8. The second kappa shape index (κ2) is 10.4. The molecule has 6 heteroatoms. The number of nitrogens with zero attached hydrogens (tertiary/aromatic N) is 1. The number of hydrogen-bond donors (Lipinski definition) is 2. The minimum Gasteiger partial charge on any atom is -0.441 e. The first-order valence-electron chi connectivity index (χ1n) is 10.2. The van der Waals surface area contributed by atoms with Gasteiger partial charge in [0.05, 0.1) is 6.20 Å². The summed E-state index contributed by atoms with van der Waals surface area (Å²) in [5, 5.41) is 5.72. The lowest BCUT2D eigenvalue weighted by atomic mass is 10.1. The standard InChI is InChI=1S/C24H27N3O3/c1-17(2)15-23(29)27-20-13-11-19(12-14-20)26-22(28)9-6-10-24-25-16-21(30-24)18-7-4-3-5-8-18/h3-5,7-8,11-14,16-17H,6,9-10,15H2,1-2H3,(H,26,28)(H,27,29). The number of amides is 2. The molecule has 156 valence electrons. The van der Waals surface area contributed by atoms with Crippen LogP contribution in [0.5, 0.6) is 0 Å². The van der Waals surface area contributed by atoms with Gasteiger partial charge in [-0.3, -0.25) is 9.59 Å². The predicted octanol–water partition coefficient (Wildman–Crippen LogP) is 5.29. The minimum absolute atomic E-state index is 0.0104. The van der Waals surface area contributed by atoms with Crippen molar-refractivity contribution >= 4 is 23.2 Å². The molecule has 0 atom stereocenters. The third kappa shape index (κ3) is 6.58. The molecule has 0 spiro atoms. The highest BCUT2D eigenvalue weighted by Gasteiger charge is 2.09. The SMILES string of the molecule is CC(C)CC(=O)Nc1ccc(NC(=O)CCCc2ncc(-c3ccccc3)o2)cc1. The Morgan fingerprint density at radius 1 is 0.933 bits per heavy atom. The molecule has 0 radical (unpaired) electrons. The average molecular weight is 405 g/mol. The number of carbonyl (C=O) groups is 2. The lowest BCUT2D eigenvalue weighted by molar-refractivity contribution is -0.117. The summed E-state index contributed by atoms with van der Waals surface area (Å²) in [4.78, 5) is 28.3. The van der Waals surface area contributed by atoms with Crippen LogP contribution >= 0.6 is 0 Å². The summed E-state index contributed by atoms with van der Waals surface area (Å²) in [6, 6.07) is 16.9. The van der Waals surface area contributed by atoms with E-state index in [1.807, 2.05) is 44.2 Å². The van der Waals surface area contributed by atoms with Crippen molar-refractivity contribution in [2.24, 2.45) is 5.92 Å². The highest BCUT2D eigenvalue weighted by Crippen LogP contribution is 2.20. The first kappa shape index (κ1) is 21.3. The third-order valence-corrected chi connectivity index (χ3v) is 4.45. The van der Waals surface area contributed by atoms with Crippen molar-refractivity contribution in [1.82, 2.24) is 4.98 Å². The lowest BCUT2D eigenvalue weighted by Gasteiger charge is -2.09. The van der Waals surface area contributed by atoms with Gasteiger partial charge in [-0.15, -0.1) is 0 Å². The van der Waals surface area contributed by atoms with E-state index < -0.39 is 0 Å². The van der Waals surface area contributed by atoms with Crippen molar-refractivity contribution in [3.8, 4) is 11.3 Å². The van der Waals surface area contributed by atoms with Crippen LogP contribution < -0.4 is 10.6 Å². The van der Waals surface area contributed by atoms with E-state index in [0.29, 0.717) is 43.2 Å². The fourth-order valence-electron chi connectivity index (χ4n) is 3.01. The van der Waals surface area contributed by atoms with E-state index in [4.69, 9.17) is 4.42 Å². The van der Waals surface area contributed by atoms with Gasteiger partial charge in [0.15, 0.2) is 11.7 Å². The van der Waals surface area contributed by atoms with Gasteiger partial charge >= 0.3 is 0 Å². The Kier molecular flexibility index (Phi) is 7.38. The van der Waals surface area contributed by atoms with Gasteiger partial charge < -0.3 is 15.1 Å². The van der Waals surface area contributed by atoms with E-state index in [-0.39, 0.29) is 11.8 Å². The molecule has 0 bridgehead atoms. The van der Waals surface area contributed by atoms with Gasteiger partial charge in [-0.25, -0.2) is 4.98 Å². The number of carbonyl (C=O) groups excluding carboxylic acids is 2. The molecule has 1 heterocycles. The molecule has 2 aromatic carbocycles. The summed E-state index contributed by atoms with van der Waals surface area (Å²) >= 11 is 0. The zero-order chi connectivity index (χ0) is 21.3. The quantitative estimate of drug-likeness (QED) is 0.507. The Bertz CT molecular complexity index is 963. The maximum absolute atomic E-state index is 12.2. The predicted molar refractivity (Wildman–Crippen MR) is 118 cm³/mol. The average Bonchev–Trinajstić information content (AvgIpc) is 3.18. The molecule has 6 nitrogen and oxygen atoms in total. The third-order valence-electron chi connectivity index (χ3n) is 4.45. The molecule has 0 aliphatic heterocycles. The fourth-order valence-corrected chi connectivity index (χ4v) is 3.01.